The van der Waals surface area contributed by atoms with E-state index in [1.54, 1.807) is 11.3 Å². The lowest BCUT2D eigenvalue weighted by Gasteiger charge is -2.09. The molecule has 0 unspecified atom stereocenters. The summed E-state index contributed by atoms with van der Waals surface area (Å²) in [6, 6.07) is 8.20. The molecule has 0 saturated carbocycles. The summed E-state index contributed by atoms with van der Waals surface area (Å²) in [5, 5.41) is 5.72. The molecule has 0 bridgehead atoms. The lowest BCUT2D eigenvalue weighted by molar-refractivity contribution is -0.121. The van der Waals surface area contributed by atoms with Crippen LogP contribution in [-0.4, -0.2) is 23.5 Å². The second kappa shape index (κ2) is 9.79. The first-order valence-electron chi connectivity index (χ1n) is 6.59. The molecule has 0 saturated heterocycles. The standard InChI is InChI=1S/C15H19N3OS.2ClH/c1-10-4-3-5-12(6-10)15-18-13(9-20-15)7-14(19)17-11(2)8-16;;/h3-6,9,11H,7-8,16H2,1-2H3,(H,17,19);2*1H/t11-;;/m0../s1. The van der Waals surface area contributed by atoms with Gasteiger partial charge in [-0.25, -0.2) is 4.98 Å². The van der Waals surface area contributed by atoms with E-state index in [9.17, 15) is 4.79 Å². The van der Waals surface area contributed by atoms with Gasteiger partial charge in [0, 0.05) is 23.5 Å². The van der Waals surface area contributed by atoms with Crippen molar-refractivity contribution in [3.8, 4) is 10.6 Å². The molecule has 1 heterocycles. The van der Waals surface area contributed by atoms with Crippen molar-refractivity contribution in [1.29, 1.82) is 0 Å². The van der Waals surface area contributed by atoms with Gasteiger partial charge in [0.1, 0.15) is 5.01 Å². The first-order chi connectivity index (χ1) is 9.58. The lowest BCUT2D eigenvalue weighted by Crippen LogP contribution is -2.38. The van der Waals surface area contributed by atoms with Crippen molar-refractivity contribution in [3.05, 3.63) is 40.9 Å². The number of hydrogen-bond acceptors (Lipinski definition) is 4. The molecule has 1 amide bonds. The Morgan fingerprint density at radius 2 is 2.14 bits per heavy atom. The number of aromatic nitrogens is 1. The van der Waals surface area contributed by atoms with Gasteiger partial charge in [-0.05, 0) is 19.9 Å². The van der Waals surface area contributed by atoms with Gasteiger partial charge >= 0.3 is 0 Å². The minimum atomic E-state index is -0.0379. The predicted molar refractivity (Wildman–Crippen MR) is 97.1 cm³/mol. The first-order valence-corrected chi connectivity index (χ1v) is 7.47. The molecule has 0 radical (unpaired) electrons. The Labute approximate surface area is 147 Å². The van der Waals surface area contributed by atoms with Gasteiger partial charge in [-0.15, -0.1) is 36.2 Å². The minimum Gasteiger partial charge on any atom is -0.352 e. The molecule has 0 aliphatic heterocycles. The SMILES string of the molecule is Cc1cccc(-c2nc(CC(=O)N[C@@H](C)CN)cs2)c1.Cl.Cl. The zero-order chi connectivity index (χ0) is 14.5. The second-order valence-corrected chi connectivity index (χ2v) is 5.75. The quantitative estimate of drug-likeness (QED) is 0.859. The molecular formula is C15H21Cl2N3OS. The second-order valence-electron chi connectivity index (χ2n) is 4.89. The number of aryl methyl sites for hydroxylation is 1. The Kier molecular flexibility index (Phi) is 9.28. The fourth-order valence-corrected chi connectivity index (χ4v) is 2.66. The van der Waals surface area contributed by atoms with Crippen molar-refractivity contribution in [2.45, 2.75) is 26.3 Å². The molecule has 0 aliphatic rings. The van der Waals surface area contributed by atoms with Crippen LogP contribution in [0.3, 0.4) is 0 Å². The predicted octanol–water partition coefficient (Wildman–Crippen LogP) is 2.97. The Morgan fingerprint density at radius 3 is 2.77 bits per heavy atom. The van der Waals surface area contributed by atoms with E-state index in [1.807, 2.05) is 24.4 Å². The smallest absolute Gasteiger partial charge is 0.226 e. The first kappa shape index (κ1) is 20.9. The van der Waals surface area contributed by atoms with E-state index in [0.717, 1.165) is 16.3 Å². The maximum Gasteiger partial charge on any atom is 0.226 e. The average molecular weight is 362 g/mol. The minimum absolute atomic E-state index is 0. The molecule has 7 heteroatoms. The molecule has 4 nitrogen and oxygen atoms in total. The maximum absolute atomic E-state index is 11.8. The highest BCUT2D eigenvalue weighted by atomic mass is 35.5. The fraction of sp³-hybridized carbons (Fsp3) is 0.333. The van der Waals surface area contributed by atoms with Crippen molar-refractivity contribution < 1.29 is 4.79 Å². The Hall–Kier alpha value is -1.14. The molecule has 22 heavy (non-hydrogen) atoms. The molecule has 0 spiro atoms. The summed E-state index contributed by atoms with van der Waals surface area (Å²) in [4.78, 5) is 16.3. The van der Waals surface area contributed by atoms with E-state index < -0.39 is 0 Å². The van der Waals surface area contributed by atoms with Crippen LogP contribution in [0, 0.1) is 6.92 Å². The highest BCUT2D eigenvalue weighted by Crippen LogP contribution is 2.24. The van der Waals surface area contributed by atoms with Crippen LogP contribution in [0.1, 0.15) is 18.2 Å². The van der Waals surface area contributed by atoms with E-state index >= 15 is 0 Å². The third-order valence-corrected chi connectivity index (χ3v) is 3.86. The summed E-state index contributed by atoms with van der Waals surface area (Å²) in [7, 11) is 0. The molecule has 1 aromatic heterocycles. The Bertz CT molecular complexity index is 604. The number of halogens is 2. The molecular weight excluding hydrogens is 341 g/mol. The summed E-state index contributed by atoms with van der Waals surface area (Å²) in [5.41, 5.74) is 8.58. The number of nitrogens with two attached hydrogens (primary N) is 1. The topological polar surface area (TPSA) is 68.0 Å². The van der Waals surface area contributed by atoms with Crippen molar-refractivity contribution >= 4 is 42.1 Å². The molecule has 0 aliphatic carbocycles. The fourth-order valence-electron chi connectivity index (χ4n) is 1.85. The van der Waals surface area contributed by atoms with Gasteiger partial charge in [-0.1, -0.05) is 23.8 Å². The van der Waals surface area contributed by atoms with Gasteiger partial charge in [-0.2, -0.15) is 0 Å². The van der Waals surface area contributed by atoms with Crippen LogP contribution in [0.4, 0.5) is 0 Å². The summed E-state index contributed by atoms with van der Waals surface area (Å²) in [6.45, 7) is 4.38. The van der Waals surface area contributed by atoms with Crippen molar-refractivity contribution in [2.75, 3.05) is 6.54 Å². The van der Waals surface area contributed by atoms with Gasteiger partial charge in [0.15, 0.2) is 0 Å². The molecule has 3 N–H and O–H groups in total. The van der Waals surface area contributed by atoms with Crippen molar-refractivity contribution in [3.63, 3.8) is 0 Å². The average Bonchev–Trinajstić information content (AvgIpc) is 2.87. The summed E-state index contributed by atoms with van der Waals surface area (Å²) < 4.78 is 0. The summed E-state index contributed by atoms with van der Waals surface area (Å²) in [6.07, 6.45) is 0.298. The van der Waals surface area contributed by atoms with Crippen LogP contribution in [0.2, 0.25) is 0 Å². The van der Waals surface area contributed by atoms with E-state index in [0.29, 0.717) is 13.0 Å². The van der Waals surface area contributed by atoms with Crippen LogP contribution in [0.15, 0.2) is 29.6 Å². The number of hydrogen-bond donors (Lipinski definition) is 2. The maximum atomic E-state index is 11.8. The van der Waals surface area contributed by atoms with Crippen LogP contribution in [0.25, 0.3) is 10.6 Å². The number of nitrogens with zero attached hydrogens (tertiary/aromatic N) is 1. The number of carbonyl (C=O) groups excluding carboxylic acids is 1. The largest absolute Gasteiger partial charge is 0.352 e. The van der Waals surface area contributed by atoms with Gasteiger partial charge in [-0.3, -0.25) is 4.79 Å². The molecule has 1 aromatic carbocycles. The van der Waals surface area contributed by atoms with Gasteiger partial charge in [0.2, 0.25) is 5.91 Å². The number of benzene rings is 1. The highest BCUT2D eigenvalue weighted by Gasteiger charge is 2.10. The Morgan fingerprint density at radius 1 is 1.41 bits per heavy atom. The van der Waals surface area contributed by atoms with E-state index in [4.69, 9.17) is 5.73 Å². The molecule has 122 valence electrons. The third-order valence-electron chi connectivity index (χ3n) is 2.92. The molecule has 2 aromatic rings. The van der Waals surface area contributed by atoms with E-state index in [-0.39, 0.29) is 36.8 Å². The molecule has 2 rings (SSSR count). The Balaban J connectivity index is 0.00000220. The normalized spacial score (nSPS) is 11.0. The zero-order valence-electron chi connectivity index (χ0n) is 12.5. The van der Waals surface area contributed by atoms with Crippen molar-refractivity contribution in [2.24, 2.45) is 5.73 Å². The van der Waals surface area contributed by atoms with Gasteiger partial charge in [0.25, 0.3) is 0 Å². The van der Waals surface area contributed by atoms with Gasteiger partial charge in [0.05, 0.1) is 12.1 Å². The third kappa shape index (κ3) is 5.93. The molecule has 1 atom stereocenters. The van der Waals surface area contributed by atoms with E-state index in [1.165, 1.54) is 5.56 Å². The van der Waals surface area contributed by atoms with Gasteiger partial charge < -0.3 is 11.1 Å². The number of carbonyl (C=O) groups is 1. The van der Waals surface area contributed by atoms with Crippen molar-refractivity contribution in [1.82, 2.24) is 10.3 Å². The van der Waals surface area contributed by atoms with Crippen LogP contribution in [0.5, 0.6) is 0 Å². The van der Waals surface area contributed by atoms with Crippen LogP contribution >= 0.6 is 36.2 Å². The summed E-state index contributed by atoms with van der Waals surface area (Å²) in [5.74, 6) is -0.0379. The van der Waals surface area contributed by atoms with Crippen LogP contribution < -0.4 is 11.1 Å². The number of rotatable bonds is 5. The monoisotopic (exact) mass is 361 g/mol. The van der Waals surface area contributed by atoms with Crippen LogP contribution in [-0.2, 0) is 11.2 Å². The lowest BCUT2D eigenvalue weighted by atomic mass is 10.1. The zero-order valence-corrected chi connectivity index (χ0v) is 15.0. The highest BCUT2D eigenvalue weighted by molar-refractivity contribution is 7.13. The summed E-state index contributed by atoms with van der Waals surface area (Å²) >= 11 is 1.56. The molecule has 0 fully saturated rings. The number of thiazole rings is 1. The van der Waals surface area contributed by atoms with E-state index in [2.05, 4.69) is 29.4 Å². The number of nitrogens with one attached hydrogen (secondary N) is 1. The number of amides is 1.